The number of rotatable bonds is 0. The van der Waals surface area contributed by atoms with Crippen LogP contribution in [0.25, 0.3) is 0 Å². The molecule has 60 valence electrons. The summed E-state index contributed by atoms with van der Waals surface area (Å²) < 4.78 is 0. The summed E-state index contributed by atoms with van der Waals surface area (Å²) >= 11 is 0. The van der Waals surface area contributed by atoms with Gasteiger partial charge in [0, 0.05) is 68.8 Å². The fraction of sp³-hybridized carbons (Fsp3) is 0. The Labute approximate surface area is 101 Å². The average molecular weight is 214 g/mol. The number of hydrogen-bond acceptors (Lipinski definition) is 0. The average Bonchev–Trinajstić information content (AvgIpc) is 0. The molecule has 0 aromatic rings. The molecule has 10 heavy (non-hydrogen) atoms. The van der Waals surface area contributed by atoms with Crippen LogP contribution in [0.15, 0.2) is 0 Å². The maximum Gasteiger partial charge on any atom is 0 e. The van der Waals surface area contributed by atoms with Crippen molar-refractivity contribution in [2.24, 2.45) is 0 Å². The molecule has 6 nitrogen and oxygen atoms in total. The Morgan fingerprint density at radius 3 is 0.400 bits per heavy atom. The summed E-state index contributed by atoms with van der Waals surface area (Å²) in [6, 6.07) is 0. The summed E-state index contributed by atoms with van der Waals surface area (Å²) in [6.07, 6.45) is 0. The molecule has 0 rings (SSSR count). The molecule has 0 bridgehead atoms. The summed E-state index contributed by atoms with van der Waals surface area (Å²) in [5.41, 5.74) is 0. The van der Waals surface area contributed by atoms with Gasteiger partial charge in [0.15, 0.2) is 0 Å². The Morgan fingerprint density at radius 2 is 0.400 bits per heavy atom. The standard InChI is InChI=1S/Al.Na.6H2O.2Si/h;;6*1H2;;. The van der Waals surface area contributed by atoms with E-state index >= 15 is 0 Å². The molecule has 0 saturated heterocycles. The summed E-state index contributed by atoms with van der Waals surface area (Å²) in [5.74, 6) is 0. The van der Waals surface area contributed by atoms with Gasteiger partial charge in [0.1, 0.15) is 0 Å². The smallest absolute Gasteiger partial charge is 0 e. The molecule has 0 amide bonds. The third-order valence-corrected chi connectivity index (χ3v) is 0. The molecular formula is H12AlNaO6Si2. The molecule has 0 heterocycles. The van der Waals surface area contributed by atoms with Crippen LogP contribution in [-0.4, -0.2) is 102 Å². The Kier molecular flexibility index (Phi) is 15400. The second-order valence-corrected chi connectivity index (χ2v) is 0. The Hall–Kier alpha value is 1.73. The van der Waals surface area contributed by atoms with Crippen molar-refractivity contribution >= 4 is 68.8 Å². The summed E-state index contributed by atoms with van der Waals surface area (Å²) in [7, 11) is 0. The quantitative estimate of drug-likeness (QED) is 0.347. The van der Waals surface area contributed by atoms with E-state index in [2.05, 4.69) is 0 Å². The van der Waals surface area contributed by atoms with E-state index in [9.17, 15) is 0 Å². The fourth-order valence-corrected chi connectivity index (χ4v) is 0. The molecule has 0 aromatic carbocycles. The molecule has 0 aliphatic heterocycles. The second-order valence-electron chi connectivity index (χ2n) is 0. The van der Waals surface area contributed by atoms with Gasteiger partial charge < -0.3 is 32.9 Å². The van der Waals surface area contributed by atoms with Crippen molar-refractivity contribution in [1.82, 2.24) is 0 Å². The first-order valence-corrected chi connectivity index (χ1v) is 0. The van der Waals surface area contributed by atoms with Crippen molar-refractivity contribution in [3.63, 3.8) is 0 Å². The van der Waals surface area contributed by atoms with Crippen LogP contribution in [0.1, 0.15) is 0 Å². The minimum atomic E-state index is 0. The topological polar surface area (TPSA) is 189 Å². The molecule has 0 fully saturated rings. The Balaban J connectivity index is 0. The predicted octanol–water partition coefficient (Wildman–Crippen LogP) is -6.47. The molecule has 0 atom stereocenters. The maximum atomic E-state index is 0. The Morgan fingerprint density at radius 1 is 0.400 bits per heavy atom. The normalized spacial score (nSPS) is 0. The van der Waals surface area contributed by atoms with Gasteiger partial charge in [-0.3, -0.25) is 0 Å². The van der Waals surface area contributed by atoms with Gasteiger partial charge >= 0.3 is 0 Å². The van der Waals surface area contributed by atoms with Gasteiger partial charge in [-0.2, -0.15) is 0 Å². The zero-order valence-electron chi connectivity index (χ0n) is 5.58. The Bertz CT molecular complexity index is 15.7. The summed E-state index contributed by atoms with van der Waals surface area (Å²) in [6.45, 7) is 0. The van der Waals surface area contributed by atoms with Crippen molar-refractivity contribution in [2.45, 2.75) is 0 Å². The van der Waals surface area contributed by atoms with Crippen LogP contribution in [0.4, 0.5) is 0 Å². The van der Waals surface area contributed by atoms with Crippen molar-refractivity contribution in [3.05, 3.63) is 0 Å². The van der Waals surface area contributed by atoms with Crippen molar-refractivity contribution in [1.29, 1.82) is 0 Å². The van der Waals surface area contributed by atoms with Crippen molar-refractivity contribution < 1.29 is 32.9 Å². The zero-order chi connectivity index (χ0) is 0. The fourth-order valence-electron chi connectivity index (χ4n) is 0. The van der Waals surface area contributed by atoms with Crippen LogP contribution >= 0.6 is 0 Å². The van der Waals surface area contributed by atoms with E-state index in [-0.39, 0.29) is 102 Å². The molecule has 12 radical (unpaired) electrons. The minimum absolute atomic E-state index is 0. The monoisotopic (exact) mass is 214 g/mol. The molecular weight excluding hydrogens is 202 g/mol. The SMILES string of the molecule is O.O.O.O.O.O.[Al].[Na].[Si].[Si]. The van der Waals surface area contributed by atoms with Crippen LogP contribution in [-0.2, 0) is 0 Å². The second kappa shape index (κ2) is 341. The predicted molar refractivity (Wildman–Crippen MR) is 44.7 cm³/mol. The van der Waals surface area contributed by atoms with Gasteiger partial charge in [-0.15, -0.1) is 0 Å². The minimum Gasteiger partial charge on any atom is -0.412 e. The van der Waals surface area contributed by atoms with E-state index in [1.165, 1.54) is 0 Å². The first-order chi connectivity index (χ1) is 0. The first-order valence-electron chi connectivity index (χ1n) is 0. The van der Waals surface area contributed by atoms with E-state index in [1.54, 1.807) is 0 Å². The molecule has 0 aliphatic rings. The summed E-state index contributed by atoms with van der Waals surface area (Å²) in [5, 5.41) is 0. The van der Waals surface area contributed by atoms with Crippen LogP contribution in [0.5, 0.6) is 0 Å². The molecule has 0 saturated carbocycles. The molecule has 10 heteroatoms. The third-order valence-electron chi connectivity index (χ3n) is 0. The third kappa shape index (κ3) is 249. The van der Waals surface area contributed by atoms with Crippen LogP contribution in [0.3, 0.4) is 0 Å². The largest absolute Gasteiger partial charge is 0.412 e. The van der Waals surface area contributed by atoms with E-state index < -0.39 is 0 Å². The van der Waals surface area contributed by atoms with E-state index in [0.29, 0.717) is 0 Å². The van der Waals surface area contributed by atoms with E-state index in [0.717, 1.165) is 0 Å². The van der Waals surface area contributed by atoms with Crippen LogP contribution in [0.2, 0.25) is 0 Å². The van der Waals surface area contributed by atoms with Gasteiger partial charge in [0.25, 0.3) is 0 Å². The van der Waals surface area contributed by atoms with Crippen LogP contribution in [0, 0.1) is 0 Å². The van der Waals surface area contributed by atoms with Gasteiger partial charge in [0.05, 0.1) is 0 Å². The molecule has 12 N–H and O–H groups in total. The molecule has 0 spiro atoms. The van der Waals surface area contributed by atoms with E-state index in [1.807, 2.05) is 0 Å². The molecule has 0 aromatic heterocycles. The molecule has 0 aliphatic carbocycles. The van der Waals surface area contributed by atoms with Crippen molar-refractivity contribution in [2.75, 3.05) is 0 Å². The zero-order valence-corrected chi connectivity index (χ0v) is 10.7. The van der Waals surface area contributed by atoms with Crippen molar-refractivity contribution in [3.8, 4) is 0 Å². The first kappa shape index (κ1) is 453. The van der Waals surface area contributed by atoms with Gasteiger partial charge in [0.2, 0.25) is 0 Å². The summed E-state index contributed by atoms with van der Waals surface area (Å²) in [4.78, 5) is 0. The van der Waals surface area contributed by atoms with Crippen LogP contribution < -0.4 is 0 Å². The van der Waals surface area contributed by atoms with Gasteiger partial charge in [-0.05, 0) is 0 Å². The van der Waals surface area contributed by atoms with Gasteiger partial charge in [-0.1, -0.05) is 0 Å². The maximum absolute atomic E-state index is 0. The van der Waals surface area contributed by atoms with E-state index in [4.69, 9.17) is 0 Å². The molecule has 0 unspecified atom stereocenters. The van der Waals surface area contributed by atoms with Gasteiger partial charge in [-0.25, -0.2) is 0 Å². The number of hydrogen-bond donors (Lipinski definition) is 0.